The molecule has 0 amide bonds. The predicted octanol–water partition coefficient (Wildman–Crippen LogP) is 2.83. The molecule has 0 aliphatic carbocycles. The Morgan fingerprint density at radius 3 is 2.69 bits per heavy atom. The van der Waals surface area contributed by atoms with Gasteiger partial charge in [-0.25, -0.2) is 4.79 Å². The summed E-state index contributed by atoms with van der Waals surface area (Å²) in [5.41, 5.74) is 0.758. The third-order valence-electron chi connectivity index (χ3n) is 1.62. The maximum absolute atomic E-state index is 10.5. The Kier molecular flexibility index (Phi) is 2.98. The van der Waals surface area contributed by atoms with Crippen molar-refractivity contribution in [2.24, 2.45) is 5.92 Å². The van der Waals surface area contributed by atoms with Gasteiger partial charge in [0.1, 0.15) is 0 Å². The first-order chi connectivity index (χ1) is 6.02. The molecular weight excluding hydrogens is 192 g/mol. The number of carboxylic acid groups (broad SMARTS) is 1. The van der Waals surface area contributed by atoms with E-state index in [1.165, 1.54) is 6.26 Å². The van der Waals surface area contributed by atoms with Crippen molar-refractivity contribution in [2.75, 3.05) is 0 Å². The van der Waals surface area contributed by atoms with Crippen LogP contribution in [0.15, 0.2) is 10.7 Å². The van der Waals surface area contributed by atoms with Crippen LogP contribution in [0.5, 0.6) is 0 Å². The summed E-state index contributed by atoms with van der Waals surface area (Å²) in [4.78, 5) is 10.5. The molecular formula is C9H11ClO3. The van der Waals surface area contributed by atoms with Gasteiger partial charge in [0.15, 0.2) is 0 Å². The smallest absolute Gasteiger partial charge is 0.373 e. The van der Waals surface area contributed by atoms with Gasteiger partial charge in [-0.2, -0.15) is 0 Å². The number of halogens is 1. The lowest BCUT2D eigenvalue weighted by Gasteiger charge is -2.00. The van der Waals surface area contributed by atoms with Crippen LogP contribution in [0, 0.1) is 5.92 Å². The standard InChI is InChI=1S/C9H11ClO3/c1-5(2)3-6-4-13-8(7(6)10)9(11)12/h4-5H,3H2,1-2H3,(H,11,12). The van der Waals surface area contributed by atoms with Crippen LogP contribution < -0.4 is 0 Å². The van der Waals surface area contributed by atoms with Crippen LogP contribution in [0.2, 0.25) is 5.02 Å². The molecule has 4 heteroatoms. The van der Waals surface area contributed by atoms with Crippen molar-refractivity contribution >= 4 is 17.6 Å². The van der Waals surface area contributed by atoms with Crippen molar-refractivity contribution in [3.63, 3.8) is 0 Å². The Labute approximate surface area is 81.3 Å². The molecule has 0 saturated heterocycles. The van der Waals surface area contributed by atoms with Crippen LogP contribution >= 0.6 is 11.6 Å². The Bertz CT molecular complexity index is 315. The first-order valence-electron chi connectivity index (χ1n) is 4.01. The Balaban J connectivity index is 2.93. The number of carbonyl (C=O) groups is 1. The minimum atomic E-state index is -1.12. The number of hydrogen-bond acceptors (Lipinski definition) is 2. The minimum Gasteiger partial charge on any atom is -0.475 e. The van der Waals surface area contributed by atoms with Crippen molar-refractivity contribution in [3.8, 4) is 0 Å². The zero-order valence-electron chi connectivity index (χ0n) is 7.50. The molecule has 13 heavy (non-hydrogen) atoms. The second-order valence-corrected chi connectivity index (χ2v) is 3.69. The predicted molar refractivity (Wildman–Crippen MR) is 49.2 cm³/mol. The summed E-state index contributed by atoms with van der Waals surface area (Å²) in [6, 6.07) is 0. The highest BCUT2D eigenvalue weighted by atomic mass is 35.5. The second kappa shape index (κ2) is 3.83. The molecule has 1 aromatic heterocycles. The van der Waals surface area contributed by atoms with Gasteiger partial charge in [-0.05, 0) is 12.3 Å². The molecule has 0 unspecified atom stereocenters. The molecule has 0 atom stereocenters. The first kappa shape index (κ1) is 10.1. The highest BCUT2D eigenvalue weighted by Gasteiger charge is 2.17. The van der Waals surface area contributed by atoms with Gasteiger partial charge in [-0.1, -0.05) is 25.4 Å². The average Bonchev–Trinajstić information content (AvgIpc) is 2.32. The number of carboxylic acids is 1. The third-order valence-corrected chi connectivity index (χ3v) is 2.04. The van der Waals surface area contributed by atoms with Gasteiger partial charge < -0.3 is 9.52 Å². The van der Waals surface area contributed by atoms with Gasteiger partial charge in [0.05, 0.1) is 11.3 Å². The Hall–Kier alpha value is -0.960. The van der Waals surface area contributed by atoms with E-state index in [1.807, 2.05) is 13.8 Å². The molecule has 1 heterocycles. The quantitative estimate of drug-likeness (QED) is 0.820. The lowest BCUT2D eigenvalue weighted by Crippen LogP contribution is -1.96. The summed E-state index contributed by atoms with van der Waals surface area (Å²) < 4.78 is 4.83. The van der Waals surface area contributed by atoms with E-state index in [9.17, 15) is 4.79 Å². The number of furan rings is 1. The van der Waals surface area contributed by atoms with Gasteiger partial charge in [-0.3, -0.25) is 0 Å². The number of rotatable bonds is 3. The summed E-state index contributed by atoms with van der Waals surface area (Å²) in [6.45, 7) is 4.06. The topological polar surface area (TPSA) is 50.4 Å². The summed E-state index contributed by atoms with van der Waals surface area (Å²) >= 11 is 5.79. The molecule has 1 N–H and O–H groups in total. The summed E-state index contributed by atoms with van der Waals surface area (Å²) in [5, 5.41) is 8.86. The van der Waals surface area contributed by atoms with E-state index in [1.54, 1.807) is 0 Å². The fraction of sp³-hybridized carbons (Fsp3) is 0.444. The normalized spacial score (nSPS) is 10.8. The molecule has 0 aliphatic rings. The van der Waals surface area contributed by atoms with Crippen LogP contribution in [0.3, 0.4) is 0 Å². The largest absolute Gasteiger partial charge is 0.475 e. The van der Waals surface area contributed by atoms with Gasteiger partial charge >= 0.3 is 5.97 Å². The second-order valence-electron chi connectivity index (χ2n) is 3.31. The van der Waals surface area contributed by atoms with Crippen molar-refractivity contribution in [2.45, 2.75) is 20.3 Å². The Morgan fingerprint density at radius 1 is 1.69 bits per heavy atom. The number of aromatic carboxylic acids is 1. The van der Waals surface area contributed by atoms with E-state index >= 15 is 0 Å². The van der Waals surface area contributed by atoms with E-state index in [4.69, 9.17) is 21.1 Å². The lowest BCUT2D eigenvalue weighted by atomic mass is 10.1. The highest BCUT2D eigenvalue weighted by molar-refractivity contribution is 6.33. The van der Waals surface area contributed by atoms with E-state index in [0.29, 0.717) is 5.92 Å². The Morgan fingerprint density at radius 2 is 2.31 bits per heavy atom. The van der Waals surface area contributed by atoms with E-state index in [-0.39, 0.29) is 10.8 Å². The van der Waals surface area contributed by atoms with Crippen molar-refractivity contribution in [1.29, 1.82) is 0 Å². The summed E-state index contributed by atoms with van der Waals surface area (Å²) in [7, 11) is 0. The molecule has 1 aromatic rings. The molecule has 72 valence electrons. The van der Waals surface area contributed by atoms with Crippen LogP contribution in [-0.4, -0.2) is 11.1 Å². The molecule has 0 aromatic carbocycles. The summed E-state index contributed by atoms with van der Waals surface area (Å²) in [6.07, 6.45) is 2.14. The third kappa shape index (κ3) is 2.25. The maximum atomic E-state index is 10.5. The zero-order valence-corrected chi connectivity index (χ0v) is 8.26. The zero-order chi connectivity index (χ0) is 10.0. The fourth-order valence-corrected chi connectivity index (χ4v) is 1.35. The first-order valence-corrected chi connectivity index (χ1v) is 4.39. The van der Waals surface area contributed by atoms with Crippen LogP contribution in [0.25, 0.3) is 0 Å². The van der Waals surface area contributed by atoms with Crippen molar-refractivity contribution in [1.82, 2.24) is 0 Å². The van der Waals surface area contributed by atoms with E-state index < -0.39 is 5.97 Å². The van der Waals surface area contributed by atoms with Crippen molar-refractivity contribution < 1.29 is 14.3 Å². The highest BCUT2D eigenvalue weighted by Crippen LogP contribution is 2.25. The van der Waals surface area contributed by atoms with Crippen LogP contribution in [0.1, 0.15) is 30.0 Å². The lowest BCUT2D eigenvalue weighted by molar-refractivity contribution is 0.0662. The minimum absolute atomic E-state index is 0.169. The molecule has 1 rings (SSSR count). The molecule has 0 saturated carbocycles. The van der Waals surface area contributed by atoms with Crippen LogP contribution in [0.4, 0.5) is 0 Å². The fourth-order valence-electron chi connectivity index (χ4n) is 1.10. The monoisotopic (exact) mass is 202 g/mol. The van der Waals surface area contributed by atoms with Gasteiger partial charge in [0, 0.05) is 5.56 Å². The maximum Gasteiger partial charge on any atom is 0.373 e. The van der Waals surface area contributed by atoms with Gasteiger partial charge in [0.2, 0.25) is 5.76 Å². The molecule has 0 radical (unpaired) electrons. The van der Waals surface area contributed by atoms with Gasteiger partial charge in [-0.15, -0.1) is 0 Å². The molecule has 0 spiro atoms. The molecule has 0 aliphatic heterocycles. The molecule has 0 fully saturated rings. The SMILES string of the molecule is CC(C)Cc1coc(C(=O)O)c1Cl. The number of hydrogen-bond donors (Lipinski definition) is 1. The van der Waals surface area contributed by atoms with Crippen molar-refractivity contribution in [3.05, 3.63) is 22.6 Å². The average molecular weight is 203 g/mol. The van der Waals surface area contributed by atoms with E-state index in [0.717, 1.165) is 12.0 Å². The van der Waals surface area contributed by atoms with E-state index in [2.05, 4.69) is 0 Å². The summed E-state index contributed by atoms with van der Waals surface area (Å²) in [5.74, 6) is -0.867. The molecule has 0 bridgehead atoms. The van der Waals surface area contributed by atoms with Gasteiger partial charge in [0.25, 0.3) is 0 Å². The van der Waals surface area contributed by atoms with Crippen LogP contribution in [-0.2, 0) is 6.42 Å². The molecule has 3 nitrogen and oxygen atoms in total.